The van der Waals surface area contributed by atoms with Gasteiger partial charge in [-0.2, -0.15) is 10.3 Å². The lowest BCUT2D eigenvalue weighted by molar-refractivity contribution is 0.0520. The second kappa shape index (κ2) is 5.92. The number of hydrogen-bond acceptors (Lipinski definition) is 6. The summed E-state index contributed by atoms with van der Waals surface area (Å²) >= 11 is 0. The van der Waals surface area contributed by atoms with Crippen LogP contribution < -0.4 is 4.72 Å². The topological polar surface area (TPSA) is 114 Å². The number of carbonyl (C=O) groups excluding carboxylic acids is 1. The number of para-hydroxylation sites is 1. The molecule has 8 nitrogen and oxygen atoms in total. The summed E-state index contributed by atoms with van der Waals surface area (Å²) in [7, 11) is -3.46. The van der Waals surface area contributed by atoms with Gasteiger partial charge in [0.1, 0.15) is 5.69 Å². The molecule has 0 saturated heterocycles. The lowest BCUT2D eigenvalue weighted by atomic mass is 10.1. The van der Waals surface area contributed by atoms with Crippen molar-refractivity contribution in [2.75, 3.05) is 17.6 Å². The third-order valence-electron chi connectivity index (χ3n) is 2.49. The van der Waals surface area contributed by atoms with Crippen molar-refractivity contribution in [1.82, 2.24) is 15.4 Å². The lowest BCUT2D eigenvalue weighted by Gasteiger charge is -2.09. The van der Waals surface area contributed by atoms with Gasteiger partial charge in [0, 0.05) is 5.56 Å². The Balaban J connectivity index is 2.49. The predicted molar refractivity (Wildman–Crippen MR) is 76.2 cm³/mol. The molecule has 0 radical (unpaired) electrons. The number of H-pyrrole nitrogens is 1. The Labute approximate surface area is 121 Å². The number of anilines is 1. The minimum absolute atomic E-state index is 0.000369. The number of nitrogens with one attached hydrogen (secondary N) is 2. The van der Waals surface area contributed by atoms with Crippen LogP contribution in [-0.4, -0.2) is 42.7 Å². The van der Waals surface area contributed by atoms with Crippen molar-refractivity contribution in [2.24, 2.45) is 0 Å². The van der Waals surface area contributed by atoms with Crippen LogP contribution in [0, 0.1) is 0 Å². The molecule has 1 heterocycles. The summed E-state index contributed by atoms with van der Waals surface area (Å²) in [4.78, 5) is 11.8. The maximum atomic E-state index is 11.8. The molecule has 0 saturated carbocycles. The molecule has 0 spiro atoms. The van der Waals surface area contributed by atoms with E-state index in [-0.39, 0.29) is 18.0 Å². The molecule has 1 aromatic heterocycles. The summed E-state index contributed by atoms with van der Waals surface area (Å²) in [6, 6.07) is 6.57. The molecule has 9 heteroatoms. The Morgan fingerprint density at radius 1 is 1.33 bits per heavy atom. The molecule has 0 bridgehead atoms. The van der Waals surface area contributed by atoms with E-state index in [9.17, 15) is 13.2 Å². The van der Waals surface area contributed by atoms with E-state index in [4.69, 9.17) is 4.74 Å². The number of carbonyl (C=O) groups is 1. The molecule has 21 heavy (non-hydrogen) atoms. The third-order valence-corrected chi connectivity index (χ3v) is 3.08. The van der Waals surface area contributed by atoms with Crippen molar-refractivity contribution in [1.29, 1.82) is 0 Å². The molecule has 0 fully saturated rings. The first kappa shape index (κ1) is 15.0. The number of hydrogen-bond donors (Lipinski definition) is 2. The zero-order chi connectivity index (χ0) is 15.5. The van der Waals surface area contributed by atoms with Gasteiger partial charge in [-0.25, -0.2) is 13.2 Å². The van der Waals surface area contributed by atoms with Crippen LogP contribution in [0.4, 0.5) is 5.69 Å². The number of aromatic nitrogens is 3. The molecule has 0 unspecified atom stereocenters. The van der Waals surface area contributed by atoms with Crippen LogP contribution in [0.1, 0.15) is 17.4 Å². The monoisotopic (exact) mass is 310 g/mol. The van der Waals surface area contributed by atoms with Gasteiger partial charge in [0.25, 0.3) is 0 Å². The molecule has 2 rings (SSSR count). The summed E-state index contributed by atoms with van der Waals surface area (Å²) in [5, 5.41) is 10.0. The number of benzene rings is 1. The first-order chi connectivity index (χ1) is 9.92. The Bertz CT molecular complexity index is 754. The van der Waals surface area contributed by atoms with Gasteiger partial charge in [-0.3, -0.25) is 4.72 Å². The maximum Gasteiger partial charge on any atom is 0.361 e. The summed E-state index contributed by atoms with van der Waals surface area (Å²) in [6.07, 6.45) is 1.04. The van der Waals surface area contributed by atoms with Crippen LogP contribution >= 0.6 is 0 Å². The predicted octanol–water partition coefficient (Wildman–Crippen LogP) is 1.02. The molecular formula is C12H14N4O4S. The summed E-state index contributed by atoms with van der Waals surface area (Å²) in [5.41, 5.74) is 0.957. The highest BCUT2D eigenvalue weighted by Crippen LogP contribution is 2.28. The normalized spacial score (nSPS) is 11.1. The van der Waals surface area contributed by atoms with Crippen LogP contribution in [0.15, 0.2) is 24.3 Å². The highest BCUT2D eigenvalue weighted by atomic mass is 32.2. The second-order valence-corrected chi connectivity index (χ2v) is 5.91. The molecule has 0 aliphatic rings. The number of rotatable bonds is 5. The summed E-state index contributed by atoms with van der Waals surface area (Å²) in [5.74, 6) is -0.629. The molecule has 0 atom stereocenters. The largest absolute Gasteiger partial charge is 0.461 e. The van der Waals surface area contributed by atoms with Gasteiger partial charge < -0.3 is 4.74 Å². The fourth-order valence-electron chi connectivity index (χ4n) is 1.74. The number of sulfonamides is 1. The van der Waals surface area contributed by atoms with E-state index in [0.717, 1.165) is 6.26 Å². The van der Waals surface area contributed by atoms with Crippen LogP contribution in [-0.2, 0) is 14.8 Å². The van der Waals surface area contributed by atoms with Crippen LogP contribution in [0.25, 0.3) is 11.3 Å². The first-order valence-electron chi connectivity index (χ1n) is 6.07. The smallest absolute Gasteiger partial charge is 0.361 e. The van der Waals surface area contributed by atoms with Gasteiger partial charge in [0.15, 0.2) is 5.69 Å². The lowest BCUT2D eigenvalue weighted by Crippen LogP contribution is -2.11. The van der Waals surface area contributed by atoms with Crippen molar-refractivity contribution in [3.8, 4) is 11.3 Å². The summed E-state index contributed by atoms with van der Waals surface area (Å²) < 4.78 is 30.1. The second-order valence-electron chi connectivity index (χ2n) is 4.16. The van der Waals surface area contributed by atoms with Crippen molar-refractivity contribution >= 4 is 21.7 Å². The standard InChI is InChI=1S/C12H14N4O4S/c1-3-20-12(17)11-10(13-16-14-11)8-6-4-5-7-9(8)15-21(2,18)19/h4-7,15H,3H2,1-2H3,(H,13,14,16). The van der Waals surface area contributed by atoms with Crippen molar-refractivity contribution in [3.63, 3.8) is 0 Å². The van der Waals surface area contributed by atoms with Crippen molar-refractivity contribution in [2.45, 2.75) is 6.92 Å². The number of nitrogens with zero attached hydrogens (tertiary/aromatic N) is 2. The zero-order valence-electron chi connectivity index (χ0n) is 11.5. The van der Waals surface area contributed by atoms with E-state index in [1.54, 1.807) is 31.2 Å². The number of ether oxygens (including phenoxy) is 1. The average Bonchev–Trinajstić information content (AvgIpc) is 2.87. The molecule has 0 aliphatic carbocycles. The van der Waals surface area contributed by atoms with Gasteiger partial charge in [0.2, 0.25) is 10.0 Å². The van der Waals surface area contributed by atoms with E-state index in [1.165, 1.54) is 0 Å². The minimum Gasteiger partial charge on any atom is -0.461 e. The minimum atomic E-state index is -3.46. The Morgan fingerprint density at radius 2 is 2.05 bits per heavy atom. The zero-order valence-corrected chi connectivity index (χ0v) is 12.3. The fraction of sp³-hybridized carbons (Fsp3) is 0.250. The quantitative estimate of drug-likeness (QED) is 0.797. The van der Waals surface area contributed by atoms with Gasteiger partial charge in [-0.1, -0.05) is 18.2 Å². The van der Waals surface area contributed by atoms with Gasteiger partial charge in [0.05, 0.1) is 18.6 Å². The van der Waals surface area contributed by atoms with Crippen molar-refractivity contribution in [3.05, 3.63) is 30.0 Å². The Morgan fingerprint density at radius 3 is 2.71 bits per heavy atom. The molecule has 112 valence electrons. The van der Waals surface area contributed by atoms with E-state index in [1.807, 2.05) is 0 Å². The fourth-order valence-corrected chi connectivity index (χ4v) is 2.32. The van der Waals surface area contributed by atoms with E-state index in [2.05, 4.69) is 20.1 Å². The van der Waals surface area contributed by atoms with Gasteiger partial charge in [-0.15, -0.1) is 5.10 Å². The van der Waals surface area contributed by atoms with E-state index in [0.29, 0.717) is 11.3 Å². The molecule has 0 aliphatic heterocycles. The molecule has 0 amide bonds. The highest BCUT2D eigenvalue weighted by Gasteiger charge is 2.21. The third kappa shape index (κ3) is 3.57. The first-order valence-corrected chi connectivity index (χ1v) is 7.96. The molecule has 2 aromatic rings. The molecule has 2 N–H and O–H groups in total. The van der Waals surface area contributed by atoms with Gasteiger partial charge in [-0.05, 0) is 13.0 Å². The van der Waals surface area contributed by atoms with Crippen LogP contribution in [0.5, 0.6) is 0 Å². The van der Waals surface area contributed by atoms with E-state index < -0.39 is 16.0 Å². The summed E-state index contributed by atoms with van der Waals surface area (Å²) in [6.45, 7) is 1.88. The van der Waals surface area contributed by atoms with E-state index >= 15 is 0 Å². The molecular weight excluding hydrogens is 296 g/mol. The number of aromatic amines is 1. The van der Waals surface area contributed by atoms with Gasteiger partial charge >= 0.3 is 5.97 Å². The SMILES string of the molecule is CCOC(=O)c1n[nH]nc1-c1ccccc1NS(C)(=O)=O. The van der Waals surface area contributed by atoms with Crippen LogP contribution in [0.3, 0.4) is 0 Å². The number of esters is 1. The average molecular weight is 310 g/mol. The highest BCUT2D eigenvalue weighted by molar-refractivity contribution is 7.92. The maximum absolute atomic E-state index is 11.8. The Kier molecular flexibility index (Phi) is 4.22. The van der Waals surface area contributed by atoms with Crippen LogP contribution in [0.2, 0.25) is 0 Å². The Hall–Kier alpha value is -2.42. The van der Waals surface area contributed by atoms with Crippen molar-refractivity contribution < 1.29 is 17.9 Å². The molecule has 1 aromatic carbocycles.